The summed E-state index contributed by atoms with van der Waals surface area (Å²) < 4.78 is 0. The lowest BCUT2D eigenvalue weighted by Crippen LogP contribution is -2.26. The van der Waals surface area contributed by atoms with E-state index in [9.17, 15) is 0 Å². The van der Waals surface area contributed by atoms with Gasteiger partial charge in [-0.25, -0.2) is 0 Å². The largest absolute Gasteiger partial charge is 0.310 e. The molecule has 1 aromatic heterocycles. The van der Waals surface area contributed by atoms with Gasteiger partial charge in [-0.1, -0.05) is 45.4 Å². The summed E-state index contributed by atoms with van der Waals surface area (Å²) in [4.78, 5) is 4.46. The van der Waals surface area contributed by atoms with E-state index < -0.39 is 0 Å². The standard InChI is InChI=1S/C17H24N2/c1-4-7-13(3)17(18-5-2)15-10-9-14-8-6-11-19-16(14)12-15/h6,8-13,17-18H,4-5,7H2,1-3H3. The van der Waals surface area contributed by atoms with Crippen LogP contribution in [-0.4, -0.2) is 11.5 Å². The van der Waals surface area contributed by atoms with E-state index in [0.29, 0.717) is 12.0 Å². The normalized spacial score (nSPS) is 14.5. The lowest BCUT2D eigenvalue weighted by atomic mass is 9.90. The summed E-state index contributed by atoms with van der Waals surface area (Å²) in [6.07, 6.45) is 4.34. The first-order chi connectivity index (χ1) is 9.26. The maximum Gasteiger partial charge on any atom is 0.0705 e. The molecule has 0 spiro atoms. The van der Waals surface area contributed by atoms with E-state index in [4.69, 9.17) is 0 Å². The summed E-state index contributed by atoms with van der Waals surface area (Å²) in [5.74, 6) is 0.645. The Morgan fingerprint density at radius 1 is 1.21 bits per heavy atom. The number of nitrogens with one attached hydrogen (secondary N) is 1. The summed E-state index contributed by atoms with van der Waals surface area (Å²) in [5, 5.41) is 4.83. The Balaban J connectivity index is 2.32. The Morgan fingerprint density at radius 2 is 2.05 bits per heavy atom. The van der Waals surface area contributed by atoms with Gasteiger partial charge in [-0.3, -0.25) is 4.98 Å². The third-order valence-corrected chi connectivity index (χ3v) is 3.73. The highest BCUT2D eigenvalue weighted by molar-refractivity contribution is 5.79. The van der Waals surface area contributed by atoms with Gasteiger partial charge in [0.15, 0.2) is 0 Å². The Kier molecular flexibility index (Phi) is 4.92. The molecule has 0 fully saturated rings. The average Bonchev–Trinajstić information content (AvgIpc) is 2.44. The van der Waals surface area contributed by atoms with Crippen LogP contribution in [0.3, 0.4) is 0 Å². The fraction of sp³-hybridized carbons (Fsp3) is 0.471. The first kappa shape index (κ1) is 14.0. The van der Waals surface area contributed by atoms with E-state index in [1.807, 2.05) is 12.3 Å². The molecule has 2 nitrogen and oxygen atoms in total. The molecule has 2 atom stereocenters. The zero-order chi connectivity index (χ0) is 13.7. The number of hydrogen-bond donors (Lipinski definition) is 1. The van der Waals surface area contributed by atoms with E-state index in [-0.39, 0.29) is 0 Å². The molecule has 0 aliphatic carbocycles. The predicted octanol–water partition coefficient (Wildman–Crippen LogP) is 4.32. The zero-order valence-electron chi connectivity index (χ0n) is 12.2. The van der Waals surface area contributed by atoms with Crippen molar-refractivity contribution in [1.82, 2.24) is 10.3 Å². The van der Waals surface area contributed by atoms with E-state index >= 15 is 0 Å². The van der Waals surface area contributed by atoms with Crippen LogP contribution in [0.2, 0.25) is 0 Å². The van der Waals surface area contributed by atoms with Crippen molar-refractivity contribution in [2.45, 2.75) is 39.7 Å². The molecular weight excluding hydrogens is 232 g/mol. The van der Waals surface area contributed by atoms with Crippen LogP contribution in [0.4, 0.5) is 0 Å². The average molecular weight is 256 g/mol. The molecule has 0 amide bonds. The topological polar surface area (TPSA) is 24.9 Å². The minimum Gasteiger partial charge on any atom is -0.310 e. The van der Waals surface area contributed by atoms with Crippen LogP contribution in [0.25, 0.3) is 10.9 Å². The van der Waals surface area contributed by atoms with E-state index in [0.717, 1.165) is 12.1 Å². The number of nitrogens with zero attached hydrogens (tertiary/aromatic N) is 1. The highest BCUT2D eigenvalue weighted by atomic mass is 14.9. The Morgan fingerprint density at radius 3 is 2.79 bits per heavy atom. The molecule has 0 radical (unpaired) electrons. The van der Waals surface area contributed by atoms with Gasteiger partial charge >= 0.3 is 0 Å². The molecule has 1 N–H and O–H groups in total. The second-order valence-corrected chi connectivity index (χ2v) is 5.26. The first-order valence-corrected chi connectivity index (χ1v) is 7.34. The number of aromatic nitrogens is 1. The number of fused-ring (bicyclic) bond motifs is 1. The molecule has 102 valence electrons. The Labute approximate surface area is 116 Å². The van der Waals surface area contributed by atoms with Crippen LogP contribution in [-0.2, 0) is 0 Å². The van der Waals surface area contributed by atoms with Crippen molar-refractivity contribution in [3.63, 3.8) is 0 Å². The number of pyridine rings is 1. The van der Waals surface area contributed by atoms with E-state index in [1.54, 1.807) is 0 Å². The van der Waals surface area contributed by atoms with Crippen LogP contribution >= 0.6 is 0 Å². The van der Waals surface area contributed by atoms with Gasteiger partial charge in [-0.2, -0.15) is 0 Å². The van der Waals surface area contributed by atoms with Crippen LogP contribution in [0.5, 0.6) is 0 Å². The van der Waals surface area contributed by atoms with Crippen molar-refractivity contribution >= 4 is 10.9 Å². The number of rotatable bonds is 6. The summed E-state index contributed by atoms with van der Waals surface area (Å²) in [7, 11) is 0. The van der Waals surface area contributed by atoms with Crippen molar-refractivity contribution in [3.8, 4) is 0 Å². The molecule has 0 aliphatic rings. The smallest absolute Gasteiger partial charge is 0.0705 e. The summed E-state index contributed by atoms with van der Waals surface area (Å²) in [6.45, 7) is 7.75. The van der Waals surface area contributed by atoms with Gasteiger partial charge in [0, 0.05) is 17.6 Å². The molecule has 19 heavy (non-hydrogen) atoms. The fourth-order valence-corrected chi connectivity index (χ4v) is 2.77. The van der Waals surface area contributed by atoms with Crippen molar-refractivity contribution in [2.24, 2.45) is 5.92 Å². The lowest BCUT2D eigenvalue weighted by molar-refractivity contribution is 0.369. The van der Waals surface area contributed by atoms with E-state index in [1.165, 1.54) is 23.8 Å². The van der Waals surface area contributed by atoms with E-state index in [2.05, 4.69) is 55.3 Å². The second kappa shape index (κ2) is 6.67. The minimum absolute atomic E-state index is 0.427. The number of benzene rings is 1. The van der Waals surface area contributed by atoms with Crippen molar-refractivity contribution in [2.75, 3.05) is 6.54 Å². The van der Waals surface area contributed by atoms with Gasteiger partial charge in [-0.05, 0) is 36.6 Å². The number of hydrogen-bond acceptors (Lipinski definition) is 2. The van der Waals surface area contributed by atoms with Gasteiger partial charge in [0.05, 0.1) is 5.52 Å². The van der Waals surface area contributed by atoms with Crippen LogP contribution in [0.1, 0.15) is 45.2 Å². The monoisotopic (exact) mass is 256 g/mol. The predicted molar refractivity (Wildman–Crippen MR) is 82.2 cm³/mol. The molecule has 0 bridgehead atoms. The maximum absolute atomic E-state index is 4.46. The molecule has 2 aromatic rings. The lowest BCUT2D eigenvalue weighted by Gasteiger charge is -2.25. The molecule has 1 aromatic carbocycles. The van der Waals surface area contributed by atoms with Gasteiger partial charge in [0.1, 0.15) is 0 Å². The van der Waals surface area contributed by atoms with Crippen LogP contribution in [0.15, 0.2) is 36.5 Å². The highest BCUT2D eigenvalue weighted by Crippen LogP contribution is 2.27. The molecule has 2 unspecified atom stereocenters. The third-order valence-electron chi connectivity index (χ3n) is 3.73. The van der Waals surface area contributed by atoms with Gasteiger partial charge in [0.25, 0.3) is 0 Å². The molecule has 1 heterocycles. The van der Waals surface area contributed by atoms with Crippen molar-refractivity contribution in [3.05, 3.63) is 42.1 Å². The Bertz CT molecular complexity index is 521. The summed E-state index contributed by atoms with van der Waals surface area (Å²) >= 11 is 0. The van der Waals surface area contributed by atoms with Crippen LogP contribution < -0.4 is 5.32 Å². The zero-order valence-corrected chi connectivity index (χ0v) is 12.2. The molecule has 0 saturated carbocycles. The van der Waals surface area contributed by atoms with Crippen molar-refractivity contribution < 1.29 is 0 Å². The van der Waals surface area contributed by atoms with Crippen LogP contribution in [0, 0.1) is 5.92 Å². The molecule has 0 aliphatic heterocycles. The third kappa shape index (κ3) is 3.32. The Hall–Kier alpha value is -1.41. The maximum atomic E-state index is 4.46. The molecule has 0 saturated heterocycles. The summed E-state index contributed by atoms with van der Waals surface area (Å²) in [5.41, 5.74) is 2.45. The van der Waals surface area contributed by atoms with Gasteiger partial charge < -0.3 is 5.32 Å². The fourth-order valence-electron chi connectivity index (χ4n) is 2.77. The minimum atomic E-state index is 0.427. The molecule has 2 heteroatoms. The van der Waals surface area contributed by atoms with Gasteiger partial charge in [0.2, 0.25) is 0 Å². The molecule has 2 rings (SSSR count). The highest BCUT2D eigenvalue weighted by Gasteiger charge is 2.17. The first-order valence-electron chi connectivity index (χ1n) is 7.34. The second-order valence-electron chi connectivity index (χ2n) is 5.26. The van der Waals surface area contributed by atoms with Gasteiger partial charge in [-0.15, -0.1) is 0 Å². The summed E-state index contributed by atoms with van der Waals surface area (Å²) in [6, 6.07) is 11.2. The van der Waals surface area contributed by atoms with Crippen molar-refractivity contribution in [1.29, 1.82) is 0 Å². The quantitative estimate of drug-likeness (QED) is 0.832. The molecular formula is C17H24N2. The SMILES string of the molecule is CCCC(C)C(NCC)c1ccc2cccnc2c1.